The van der Waals surface area contributed by atoms with Crippen LogP contribution in [0.3, 0.4) is 0 Å². The lowest BCUT2D eigenvalue weighted by atomic mass is 10.4. The zero-order chi connectivity index (χ0) is 11.3. The van der Waals surface area contributed by atoms with Gasteiger partial charge in [-0.05, 0) is 12.1 Å². The molecular formula is C9H15N3O2S. The molecule has 0 atom stereocenters. The van der Waals surface area contributed by atoms with Crippen molar-refractivity contribution in [1.29, 1.82) is 0 Å². The Bertz CT molecular complexity index is 389. The quantitative estimate of drug-likeness (QED) is 0.793. The first kappa shape index (κ1) is 11.9. The maximum absolute atomic E-state index is 11.4. The van der Waals surface area contributed by atoms with Crippen LogP contribution in [-0.2, 0) is 10.0 Å². The lowest BCUT2D eigenvalue weighted by Crippen LogP contribution is -2.28. The number of hydrogen-bond acceptors (Lipinski definition) is 4. The van der Waals surface area contributed by atoms with Crippen molar-refractivity contribution in [2.75, 3.05) is 31.7 Å². The SMILES string of the molecule is CN(C)S(=O)(=O)CCNc1ccncc1. The topological polar surface area (TPSA) is 62.3 Å². The number of nitrogens with one attached hydrogen (secondary N) is 1. The zero-order valence-corrected chi connectivity index (χ0v) is 9.66. The average molecular weight is 229 g/mol. The van der Waals surface area contributed by atoms with Crippen molar-refractivity contribution in [3.63, 3.8) is 0 Å². The lowest BCUT2D eigenvalue weighted by molar-refractivity contribution is 0.521. The van der Waals surface area contributed by atoms with E-state index in [1.54, 1.807) is 24.5 Å². The molecule has 1 N–H and O–H groups in total. The maximum Gasteiger partial charge on any atom is 0.215 e. The highest BCUT2D eigenvalue weighted by Crippen LogP contribution is 2.03. The minimum atomic E-state index is -3.11. The Balaban J connectivity index is 2.41. The van der Waals surface area contributed by atoms with Crippen molar-refractivity contribution in [2.24, 2.45) is 0 Å². The second-order valence-corrected chi connectivity index (χ2v) is 5.56. The van der Waals surface area contributed by atoms with E-state index in [1.165, 1.54) is 18.4 Å². The van der Waals surface area contributed by atoms with Gasteiger partial charge in [-0.25, -0.2) is 12.7 Å². The Hall–Kier alpha value is -1.14. The summed E-state index contributed by atoms with van der Waals surface area (Å²) in [7, 11) is -0.0541. The Morgan fingerprint density at radius 2 is 1.93 bits per heavy atom. The minimum Gasteiger partial charge on any atom is -0.384 e. The Kier molecular flexibility index (Phi) is 4.05. The first-order valence-electron chi connectivity index (χ1n) is 4.56. The molecular weight excluding hydrogens is 214 g/mol. The summed E-state index contributed by atoms with van der Waals surface area (Å²) < 4.78 is 24.0. The van der Waals surface area contributed by atoms with Gasteiger partial charge in [-0.1, -0.05) is 0 Å². The summed E-state index contributed by atoms with van der Waals surface area (Å²) in [5, 5.41) is 3.01. The van der Waals surface area contributed by atoms with Crippen LogP contribution in [0.5, 0.6) is 0 Å². The summed E-state index contributed by atoms with van der Waals surface area (Å²) >= 11 is 0. The number of anilines is 1. The summed E-state index contributed by atoms with van der Waals surface area (Å²) in [4.78, 5) is 3.86. The van der Waals surface area contributed by atoms with E-state index in [9.17, 15) is 8.42 Å². The molecule has 0 amide bonds. The van der Waals surface area contributed by atoms with Crippen LogP contribution in [0.4, 0.5) is 5.69 Å². The third-order valence-electron chi connectivity index (χ3n) is 1.93. The molecule has 1 rings (SSSR count). The van der Waals surface area contributed by atoms with Gasteiger partial charge in [0, 0.05) is 38.7 Å². The second kappa shape index (κ2) is 5.09. The predicted octanol–water partition coefficient (Wildman–Crippen LogP) is 0.385. The molecule has 84 valence electrons. The van der Waals surface area contributed by atoms with Crippen LogP contribution in [0.25, 0.3) is 0 Å². The van der Waals surface area contributed by atoms with Crippen LogP contribution < -0.4 is 5.32 Å². The molecule has 5 nitrogen and oxygen atoms in total. The van der Waals surface area contributed by atoms with Crippen LogP contribution in [0, 0.1) is 0 Å². The number of nitrogens with zero attached hydrogens (tertiary/aromatic N) is 2. The van der Waals surface area contributed by atoms with Crippen molar-refractivity contribution in [2.45, 2.75) is 0 Å². The van der Waals surface area contributed by atoms with Gasteiger partial charge < -0.3 is 5.32 Å². The number of aromatic nitrogens is 1. The van der Waals surface area contributed by atoms with Gasteiger partial charge in [0.15, 0.2) is 0 Å². The maximum atomic E-state index is 11.4. The van der Waals surface area contributed by atoms with E-state index >= 15 is 0 Å². The van der Waals surface area contributed by atoms with Gasteiger partial charge in [0.1, 0.15) is 0 Å². The van der Waals surface area contributed by atoms with Crippen molar-refractivity contribution in [3.05, 3.63) is 24.5 Å². The molecule has 0 radical (unpaired) electrons. The largest absolute Gasteiger partial charge is 0.384 e. The zero-order valence-electron chi connectivity index (χ0n) is 8.84. The van der Waals surface area contributed by atoms with E-state index in [0.29, 0.717) is 6.54 Å². The third kappa shape index (κ3) is 3.85. The predicted molar refractivity (Wildman–Crippen MR) is 60.2 cm³/mol. The molecule has 0 aromatic carbocycles. The molecule has 1 aromatic heterocycles. The van der Waals surface area contributed by atoms with Gasteiger partial charge >= 0.3 is 0 Å². The van der Waals surface area contributed by atoms with Crippen molar-refractivity contribution in [1.82, 2.24) is 9.29 Å². The molecule has 0 unspecified atom stereocenters. The number of pyridine rings is 1. The monoisotopic (exact) mass is 229 g/mol. The summed E-state index contributed by atoms with van der Waals surface area (Å²) in [5.41, 5.74) is 0.874. The molecule has 15 heavy (non-hydrogen) atoms. The van der Waals surface area contributed by atoms with Crippen LogP contribution in [-0.4, -0.2) is 44.1 Å². The first-order valence-corrected chi connectivity index (χ1v) is 6.17. The lowest BCUT2D eigenvalue weighted by Gasteiger charge is -2.11. The Morgan fingerprint density at radius 3 is 2.47 bits per heavy atom. The van der Waals surface area contributed by atoms with Crippen molar-refractivity contribution < 1.29 is 8.42 Å². The highest BCUT2D eigenvalue weighted by atomic mass is 32.2. The van der Waals surface area contributed by atoms with Crippen molar-refractivity contribution >= 4 is 15.7 Å². The minimum absolute atomic E-state index is 0.0856. The van der Waals surface area contributed by atoms with Gasteiger partial charge in [-0.15, -0.1) is 0 Å². The molecule has 0 bridgehead atoms. The Morgan fingerprint density at radius 1 is 1.33 bits per heavy atom. The summed E-state index contributed by atoms with van der Waals surface area (Å²) in [6, 6.07) is 3.59. The standard InChI is InChI=1S/C9H15N3O2S/c1-12(2)15(13,14)8-7-11-9-3-5-10-6-4-9/h3-6H,7-8H2,1-2H3,(H,10,11). The van der Waals surface area contributed by atoms with E-state index in [-0.39, 0.29) is 5.75 Å². The van der Waals surface area contributed by atoms with E-state index in [0.717, 1.165) is 5.69 Å². The van der Waals surface area contributed by atoms with Gasteiger partial charge in [-0.2, -0.15) is 0 Å². The van der Waals surface area contributed by atoms with Crippen LogP contribution in [0.1, 0.15) is 0 Å². The smallest absolute Gasteiger partial charge is 0.215 e. The van der Waals surface area contributed by atoms with E-state index in [2.05, 4.69) is 10.3 Å². The molecule has 1 aromatic rings. The van der Waals surface area contributed by atoms with E-state index in [1.807, 2.05) is 0 Å². The number of rotatable bonds is 5. The van der Waals surface area contributed by atoms with Gasteiger partial charge in [0.25, 0.3) is 0 Å². The molecule has 0 fully saturated rings. The van der Waals surface area contributed by atoms with Crippen LogP contribution >= 0.6 is 0 Å². The molecule has 0 saturated carbocycles. The molecule has 1 heterocycles. The van der Waals surface area contributed by atoms with Gasteiger partial charge in [-0.3, -0.25) is 4.98 Å². The highest BCUT2D eigenvalue weighted by molar-refractivity contribution is 7.89. The molecule has 0 aliphatic heterocycles. The fourth-order valence-electron chi connectivity index (χ4n) is 0.977. The molecule has 0 aliphatic carbocycles. The molecule has 0 saturated heterocycles. The normalized spacial score (nSPS) is 11.7. The summed E-state index contributed by atoms with van der Waals surface area (Å²) in [6.45, 7) is 0.393. The van der Waals surface area contributed by atoms with Gasteiger partial charge in [0.05, 0.1) is 5.75 Å². The fourth-order valence-corrected chi connectivity index (χ4v) is 1.70. The number of sulfonamides is 1. The average Bonchev–Trinajstić information content (AvgIpc) is 2.19. The number of hydrogen-bond donors (Lipinski definition) is 1. The first-order chi connectivity index (χ1) is 7.02. The van der Waals surface area contributed by atoms with Crippen molar-refractivity contribution in [3.8, 4) is 0 Å². The fraction of sp³-hybridized carbons (Fsp3) is 0.444. The highest BCUT2D eigenvalue weighted by Gasteiger charge is 2.12. The van der Waals surface area contributed by atoms with Crippen LogP contribution in [0.2, 0.25) is 0 Å². The van der Waals surface area contributed by atoms with Crippen LogP contribution in [0.15, 0.2) is 24.5 Å². The van der Waals surface area contributed by atoms with E-state index in [4.69, 9.17) is 0 Å². The summed E-state index contributed by atoms with van der Waals surface area (Å²) in [6.07, 6.45) is 3.31. The molecule has 0 spiro atoms. The third-order valence-corrected chi connectivity index (χ3v) is 3.76. The van der Waals surface area contributed by atoms with Gasteiger partial charge in [0.2, 0.25) is 10.0 Å². The second-order valence-electron chi connectivity index (χ2n) is 3.26. The summed E-state index contributed by atoms with van der Waals surface area (Å²) in [5.74, 6) is 0.0856. The Labute approximate surface area is 90.2 Å². The molecule has 6 heteroatoms. The van der Waals surface area contributed by atoms with E-state index < -0.39 is 10.0 Å². The molecule has 0 aliphatic rings.